The number of aromatic nitrogens is 2. The first kappa shape index (κ1) is 21.7. The van der Waals surface area contributed by atoms with Gasteiger partial charge in [-0.1, -0.05) is 0 Å². The summed E-state index contributed by atoms with van der Waals surface area (Å²) in [4.78, 5) is 41.5. The van der Waals surface area contributed by atoms with E-state index in [0.29, 0.717) is 32.0 Å². The van der Waals surface area contributed by atoms with Crippen LogP contribution in [0.4, 0.5) is 14.6 Å². The van der Waals surface area contributed by atoms with Gasteiger partial charge in [-0.25, -0.2) is 13.6 Å². The van der Waals surface area contributed by atoms with Gasteiger partial charge in [0.1, 0.15) is 5.82 Å². The number of hydrogen-bond acceptors (Lipinski definition) is 4. The van der Waals surface area contributed by atoms with Crippen LogP contribution in [-0.2, 0) is 0 Å². The predicted molar refractivity (Wildman–Crippen MR) is 110 cm³/mol. The summed E-state index contributed by atoms with van der Waals surface area (Å²) in [6, 6.07) is 4.15. The van der Waals surface area contributed by atoms with Crippen molar-refractivity contribution in [1.29, 1.82) is 0 Å². The Labute approximate surface area is 173 Å². The Balaban J connectivity index is 1.84. The van der Waals surface area contributed by atoms with Crippen molar-refractivity contribution >= 4 is 11.7 Å². The van der Waals surface area contributed by atoms with Gasteiger partial charge in [-0.05, 0) is 45.9 Å². The Morgan fingerprint density at radius 3 is 2.00 bits per heavy atom. The number of nitrogens with zero attached hydrogens (tertiary/aromatic N) is 4. The summed E-state index contributed by atoms with van der Waals surface area (Å²) in [5, 5.41) is 0. The van der Waals surface area contributed by atoms with Crippen molar-refractivity contribution in [3.8, 4) is 0 Å². The third kappa shape index (κ3) is 4.01. The molecule has 0 radical (unpaired) electrons. The Hall–Kier alpha value is -2.97. The van der Waals surface area contributed by atoms with E-state index in [1.807, 2.05) is 18.7 Å². The van der Waals surface area contributed by atoms with Crippen LogP contribution in [0.2, 0.25) is 0 Å². The summed E-state index contributed by atoms with van der Waals surface area (Å²) < 4.78 is 29.4. The topological polar surface area (TPSA) is 67.5 Å². The molecule has 1 amide bonds. The van der Waals surface area contributed by atoms with Gasteiger partial charge in [0, 0.05) is 49.9 Å². The molecule has 0 bridgehead atoms. The number of anilines is 1. The van der Waals surface area contributed by atoms with E-state index in [2.05, 4.69) is 0 Å². The average Bonchev–Trinajstić information content (AvgIpc) is 2.68. The van der Waals surface area contributed by atoms with Crippen molar-refractivity contribution in [2.75, 3.05) is 31.1 Å². The average molecular weight is 420 g/mol. The number of hydrogen-bond donors (Lipinski definition) is 0. The van der Waals surface area contributed by atoms with Crippen LogP contribution >= 0.6 is 0 Å². The van der Waals surface area contributed by atoms with Crippen molar-refractivity contribution in [2.24, 2.45) is 0 Å². The first-order valence-corrected chi connectivity index (χ1v) is 9.99. The van der Waals surface area contributed by atoms with E-state index in [1.165, 1.54) is 16.7 Å². The van der Waals surface area contributed by atoms with Crippen LogP contribution in [0.1, 0.15) is 50.1 Å². The fourth-order valence-corrected chi connectivity index (χ4v) is 3.71. The molecule has 2 heterocycles. The maximum atomic E-state index is 13.5. The van der Waals surface area contributed by atoms with Crippen molar-refractivity contribution in [3.05, 3.63) is 62.3 Å². The molecular weight excluding hydrogens is 394 g/mol. The van der Waals surface area contributed by atoms with Crippen molar-refractivity contribution in [1.82, 2.24) is 14.0 Å². The predicted octanol–water partition coefficient (Wildman–Crippen LogP) is 2.41. The lowest BCUT2D eigenvalue weighted by Gasteiger charge is -2.37. The third-order valence-corrected chi connectivity index (χ3v) is 5.24. The molecule has 3 rings (SSSR count). The van der Waals surface area contributed by atoms with Crippen LogP contribution in [0.3, 0.4) is 0 Å². The van der Waals surface area contributed by atoms with Crippen LogP contribution < -0.4 is 16.1 Å². The molecule has 1 aliphatic heterocycles. The largest absolute Gasteiger partial charge is 0.354 e. The number of carbonyl (C=O) groups is 1. The van der Waals surface area contributed by atoms with Gasteiger partial charge >= 0.3 is 5.69 Å². The lowest BCUT2D eigenvalue weighted by Crippen LogP contribution is -2.51. The Kier molecular flexibility index (Phi) is 6.09. The summed E-state index contributed by atoms with van der Waals surface area (Å²) in [5.41, 5.74) is -0.633. The van der Waals surface area contributed by atoms with E-state index in [9.17, 15) is 23.2 Å². The molecule has 0 aliphatic carbocycles. The number of piperazine rings is 1. The lowest BCUT2D eigenvalue weighted by atomic mass is 10.1. The van der Waals surface area contributed by atoms with E-state index in [1.54, 1.807) is 23.3 Å². The zero-order chi connectivity index (χ0) is 22.2. The first-order chi connectivity index (χ1) is 14.1. The van der Waals surface area contributed by atoms with Gasteiger partial charge < -0.3 is 9.80 Å². The molecule has 2 aromatic rings. The molecule has 162 valence electrons. The highest BCUT2D eigenvalue weighted by atomic mass is 19.2. The fourth-order valence-electron chi connectivity index (χ4n) is 3.71. The first-order valence-electron chi connectivity index (χ1n) is 9.99. The SMILES string of the molecule is CC(C)n1c(N2CCN(C(=O)c3ccc(F)c(F)c3)CC2)cc(=O)n(C(C)C)c1=O. The number of halogens is 2. The fraction of sp³-hybridized carbons (Fsp3) is 0.476. The lowest BCUT2D eigenvalue weighted by molar-refractivity contribution is 0.0745. The molecule has 30 heavy (non-hydrogen) atoms. The molecule has 0 saturated carbocycles. The maximum Gasteiger partial charge on any atom is 0.333 e. The minimum absolute atomic E-state index is 0.0842. The molecule has 0 N–H and O–H groups in total. The Bertz CT molecular complexity index is 1070. The summed E-state index contributed by atoms with van der Waals surface area (Å²) in [6.45, 7) is 8.81. The summed E-state index contributed by atoms with van der Waals surface area (Å²) >= 11 is 0. The highest BCUT2D eigenvalue weighted by molar-refractivity contribution is 5.94. The zero-order valence-corrected chi connectivity index (χ0v) is 17.6. The molecule has 1 fully saturated rings. The number of carbonyl (C=O) groups excluding carboxylic acids is 1. The molecule has 1 aliphatic rings. The molecule has 0 atom stereocenters. The van der Waals surface area contributed by atoms with Gasteiger partial charge in [-0.2, -0.15) is 0 Å². The van der Waals surface area contributed by atoms with Gasteiger partial charge in [0.25, 0.3) is 11.5 Å². The van der Waals surface area contributed by atoms with E-state index in [0.717, 1.165) is 12.1 Å². The maximum absolute atomic E-state index is 13.5. The Morgan fingerprint density at radius 1 is 0.867 bits per heavy atom. The van der Waals surface area contributed by atoms with Crippen LogP contribution in [0.5, 0.6) is 0 Å². The number of rotatable bonds is 4. The van der Waals surface area contributed by atoms with Crippen molar-refractivity contribution in [2.45, 2.75) is 39.8 Å². The second kappa shape index (κ2) is 8.41. The number of amides is 1. The second-order valence-corrected chi connectivity index (χ2v) is 7.96. The summed E-state index contributed by atoms with van der Waals surface area (Å²) in [7, 11) is 0. The highest BCUT2D eigenvalue weighted by Crippen LogP contribution is 2.19. The molecule has 0 unspecified atom stereocenters. The van der Waals surface area contributed by atoms with E-state index >= 15 is 0 Å². The normalized spacial score (nSPS) is 14.7. The zero-order valence-electron chi connectivity index (χ0n) is 17.6. The number of benzene rings is 1. The van der Waals surface area contributed by atoms with Gasteiger partial charge in [0.15, 0.2) is 11.6 Å². The van der Waals surface area contributed by atoms with Crippen LogP contribution in [-0.4, -0.2) is 46.1 Å². The summed E-state index contributed by atoms with van der Waals surface area (Å²) in [5.74, 6) is -1.92. The summed E-state index contributed by atoms with van der Waals surface area (Å²) in [6.07, 6.45) is 0. The highest BCUT2D eigenvalue weighted by Gasteiger charge is 2.26. The molecule has 1 aromatic carbocycles. The Morgan fingerprint density at radius 2 is 1.47 bits per heavy atom. The van der Waals surface area contributed by atoms with E-state index in [-0.39, 0.29) is 34.8 Å². The van der Waals surface area contributed by atoms with Crippen LogP contribution in [0, 0.1) is 11.6 Å². The molecule has 9 heteroatoms. The minimum atomic E-state index is -1.06. The van der Waals surface area contributed by atoms with E-state index in [4.69, 9.17) is 0 Å². The smallest absolute Gasteiger partial charge is 0.333 e. The second-order valence-electron chi connectivity index (χ2n) is 7.96. The van der Waals surface area contributed by atoms with Gasteiger partial charge in [-0.3, -0.25) is 18.7 Å². The van der Waals surface area contributed by atoms with Gasteiger partial charge in [0.05, 0.1) is 0 Å². The standard InChI is InChI=1S/C21H26F2N4O3/c1-13(2)26-18(12-19(28)27(14(3)4)21(26)30)24-7-9-25(10-8-24)20(29)15-5-6-16(22)17(23)11-15/h5-6,11-14H,7-10H2,1-4H3. The van der Waals surface area contributed by atoms with E-state index < -0.39 is 11.6 Å². The van der Waals surface area contributed by atoms with Gasteiger partial charge in [0.2, 0.25) is 0 Å². The quantitative estimate of drug-likeness (QED) is 0.762. The molecular formula is C21H26F2N4O3. The molecule has 1 saturated heterocycles. The van der Waals surface area contributed by atoms with Crippen molar-refractivity contribution in [3.63, 3.8) is 0 Å². The van der Waals surface area contributed by atoms with Gasteiger partial charge in [-0.15, -0.1) is 0 Å². The minimum Gasteiger partial charge on any atom is -0.354 e. The van der Waals surface area contributed by atoms with Crippen LogP contribution in [0.15, 0.2) is 33.9 Å². The van der Waals surface area contributed by atoms with Crippen molar-refractivity contribution < 1.29 is 13.6 Å². The molecule has 1 aromatic heterocycles. The molecule has 7 nitrogen and oxygen atoms in total. The monoisotopic (exact) mass is 420 g/mol. The third-order valence-electron chi connectivity index (χ3n) is 5.24. The molecule has 0 spiro atoms. The van der Waals surface area contributed by atoms with Crippen LogP contribution in [0.25, 0.3) is 0 Å².